The Morgan fingerprint density at radius 3 is 2.65 bits per heavy atom. The van der Waals surface area contributed by atoms with Gasteiger partial charge in [0.15, 0.2) is 6.61 Å². The van der Waals surface area contributed by atoms with Crippen molar-refractivity contribution in [2.75, 3.05) is 25.6 Å². The minimum absolute atomic E-state index is 0.0510. The van der Waals surface area contributed by atoms with Gasteiger partial charge >= 0.3 is 0 Å². The van der Waals surface area contributed by atoms with Crippen LogP contribution in [-0.2, 0) is 11.3 Å². The molecule has 2 aromatic carbocycles. The summed E-state index contributed by atoms with van der Waals surface area (Å²) >= 11 is 0. The van der Waals surface area contributed by atoms with Gasteiger partial charge in [0.1, 0.15) is 11.5 Å². The van der Waals surface area contributed by atoms with E-state index >= 15 is 0 Å². The van der Waals surface area contributed by atoms with Crippen molar-refractivity contribution < 1.29 is 14.3 Å². The largest absolute Gasteiger partial charge is 0.497 e. The topological polar surface area (TPSA) is 59.6 Å². The van der Waals surface area contributed by atoms with E-state index in [9.17, 15) is 4.79 Å². The van der Waals surface area contributed by atoms with Crippen molar-refractivity contribution in [2.24, 2.45) is 0 Å². The molecule has 23 heavy (non-hydrogen) atoms. The molecular formula is C18H22N2O3. The third-order valence-corrected chi connectivity index (χ3v) is 3.20. The number of hydrogen-bond donors (Lipinski definition) is 2. The van der Waals surface area contributed by atoms with E-state index in [0.29, 0.717) is 11.5 Å². The van der Waals surface area contributed by atoms with Crippen molar-refractivity contribution in [3.63, 3.8) is 0 Å². The van der Waals surface area contributed by atoms with E-state index in [1.54, 1.807) is 19.2 Å². The molecule has 0 bridgehead atoms. The lowest BCUT2D eigenvalue weighted by Crippen LogP contribution is -2.20. The maximum absolute atomic E-state index is 12.0. The Morgan fingerprint density at radius 1 is 1.09 bits per heavy atom. The Morgan fingerprint density at radius 2 is 1.87 bits per heavy atom. The Labute approximate surface area is 136 Å². The number of nitrogens with one attached hydrogen (secondary N) is 2. The molecule has 0 saturated carbocycles. The summed E-state index contributed by atoms with van der Waals surface area (Å²) in [4.78, 5) is 12.0. The van der Waals surface area contributed by atoms with Gasteiger partial charge in [0.2, 0.25) is 0 Å². The van der Waals surface area contributed by atoms with Gasteiger partial charge in [-0.3, -0.25) is 4.79 Å². The van der Waals surface area contributed by atoms with Gasteiger partial charge < -0.3 is 20.1 Å². The van der Waals surface area contributed by atoms with Crippen LogP contribution in [0.5, 0.6) is 11.5 Å². The molecule has 0 aliphatic carbocycles. The molecule has 0 fully saturated rings. The van der Waals surface area contributed by atoms with Crippen LogP contribution in [0.3, 0.4) is 0 Å². The molecule has 5 nitrogen and oxygen atoms in total. The highest BCUT2D eigenvalue weighted by molar-refractivity contribution is 5.91. The number of benzene rings is 2. The summed E-state index contributed by atoms with van der Waals surface area (Å²) in [6.45, 7) is 3.69. The molecule has 0 heterocycles. The number of carbonyl (C=O) groups excluding carboxylic acids is 1. The monoisotopic (exact) mass is 314 g/mol. The Kier molecular flexibility index (Phi) is 6.44. The molecule has 122 valence electrons. The lowest BCUT2D eigenvalue weighted by Gasteiger charge is -2.10. The lowest BCUT2D eigenvalue weighted by atomic mass is 10.2. The second-order valence-corrected chi connectivity index (χ2v) is 5.00. The Hall–Kier alpha value is -2.53. The molecule has 0 aromatic heterocycles. The minimum atomic E-state index is -0.201. The molecule has 0 spiro atoms. The highest BCUT2D eigenvalue weighted by atomic mass is 16.5. The van der Waals surface area contributed by atoms with E-state index in [4.69, 9.17) is 9.47 Å². The van der Waals surface area contributed by atoms with Gasteiger partial charge in [0, 0.05) is 18.3 Å². The molecule has 0 atom stereocenters. The molecule has 2 N–H and O–H groups in total. The van der Waals surface area contributed by atoms with Crippen molar-refractivity contribution in [3.8, 4) is 11.5 Å². The zero-order valence-corrected chi connectivity index (χ0v) is 13.5. The molecule has 0 aliphatic heterocycles. The van der Waals surface area contributed by atoms with Crippen LogP contribution >= 0.6 is 0 Å². The average molecular weight is 314 g/mol. The molecule has 1 amide bonds. The van der Waals surface area contributed by atoms with E-state index < -0.39 is 0 Å². The van der Waals surface area contributed by atoms with Crippen LogP contribution < -0.4 is 20.1 Å². The van der Waals surface area contributed by atoms with Gasteiger partial charge in [-0.25, -0.2) is 0 Å². The summed E-state index contributed by atoms with van der Waals surface area (Å²) in [6.07, 6.45) is 0. The van der Waals surface area contributed by atoms with Crippen LogP contribution in [0.4, 0.5) is 5.69 Å². The first kappa shape index (κ1) is 16.8. The van der Waals surface area contributed by atoms with Crippen LogP contribution in [-0.4, -0.2) is 26.2 Å². The van der Waals surface area contributed by atoms with Crippen LogP contribution in [0.15, 0.2) is 48.5 Å². The molecule has 0 aliphatic rings. The van der Waals surface area contributed by atoms with E-state index in [0.717, 1.165) is 24.3 Å². The van der Waals surface area contributed by atoms with Crippen molar-refractivity contribution in [2.45, 2.75) is 13.5 Å². The minimum Gasteiger partial charge on any atom is -0.497 e. The maximum Gasteiger partial charge on any atom is 0.262 e. The van der Waals surface area contributed by atoms with Gasteiger partial charge in [-0.05, 0) is 36.4 Å². The number of rotatable bonds is 8. The van der Waals surface area contributed by atoms with E-state index in [1.165, 1.54) is 0 Å². The molecule has 0 saturated heterocycles. The van der Waals surface area contributed by atoms with E-state index in [-0.39, 0.29) is 12.5 Å². The van der Waals surface area contributed by atoms with E-state index in [2.05, 4.69) is 17.6 Å². The quantitative estimate of drug-likeness (QED) is 0.786. The zero-order valence-electron chi connectivity index (χ0n) is 13.5. The number of carbonyl (C=O) groups is 1. The normalized spacial score (nSPS) is 10.2. The molecule has 0 radical (unpaired) electrons. The first-order valence-corrected chi connectivity index (χ1v) is 7.57. The van der Waals surface area contributed by atoms with Crippen molar-refractivity contribution >= 4 is 11.6 Å². The van der Waals surface area contributed by atoms with Crippen LogP contribution in [0.25, 0.3) is 0 Å². The SMILES string of the molecule is CCNCc1cccc(NC(=O)COc2cccc(OC)c2)c1. The first-order chi connectivity index (χ1) is 11.2. The number of ether oxygens (including phenoxy) is 2. The highest BCUT2D eigenvalue weighted by Gasteiger charge is 2.05. The van der Waals surface area contributed by atoms with Gasteiger partial charge in [-0.2, -0.15) is 0 Å². The van der Waals surface area contributed by atoms with Crippen molar-refractivity contribution in [3.05, 3.63) is 54.1 Å². The molecule has 0 unspecified atom stereocenters. The highest BCUT2D eigenvalue weighted by Crippen LogP contribution is 2.18. The molecule has 2 rings (SSSR count). The van der Waals surface area contributed by atoms with Gasteiger partial charge in [0.25, 0.3) is 5.91 Å². The van der Waals surface area contributed by atoms with Gasteiger partial charge in [-0.15, -0.1) is 0 Å². The van der Waals surface area contributed by atoms with Crippen molar-refractivity contribution in [1.29, 1.82) is 0 Å². The standard InChI is InChI=1S/C18H22N2O3/c1-3-19-12-14-6-4-7-15(10-14)20-18(21)13-23-17-9-5-8-16(11-17)22-2/h4-11,19H,3,12-13H2,1-2H3,(H,20,21). The lowest BCUT2D eigenvalue weighted by molar-refractivity contribution is -0.118. The van der Waals surface area contributed by atoms with Crippen LogP contribution in [0.2, 0.25) is 0 Å². The van der Waals surface area contributed by atoms with Crippen molar-refractivity contribution in [1.82, 2.24) is 5.32 Å². The fraction of sp³-hybridized carbons (Fsp3) is 0.278. The number of methoxy groups -OCH3 is 1. The Bertz CT molecular complexity index is 644. The third kappa shape index (κ3) is 5.64. The number of hydrogen-bond acceptors (Lipinski definition) is 4. The molecule has 2 aromatic rings. The maximum atomic E-state index is 12.0. The zero-order chi connectivity index (χ0) is 16.5. The number of amides is 1. The van der Waals surface area contributed by atoms with Gasteiger partial charge in [0.05, 0.1) is 7.11 Å². The molecule has 5 heteroatoms. The fourth-order valence-electron chi connectivity index (χ4n) is 2.07. The summed E-state index contributed by atoms with van der Waals surface area (Å²) in [7, 11) is 1.59. The summed E-state index contributed by atoms with van der Waals surface area (Å²) in [5.41, 5.74) is 1.89. The average Bonchev–Trinajstić information content (AvgIpc) is 2.58. The second kappa shape index (κ2) is 8.80. The first-order valence-electron chi connectivity index (χ1n) is 7.57. The van der Waals surface area contributed by atoms with Crippen LogP contribution in [0, 0.1) is 0 Å². The summed E-state index contributed by atoms with van der Waals surface area (Å²) in [5, 5.41) is 6.09. The smallest absolute Gasteiger partial charge is 0.262 e. The third-order valence-electron chi connectivity index (χ3n) is 3.20. The van der Waals surface area contributed by atoms with E-state index in [1.807, 2.05) is 36.4 Å². The molecular weight excluding hydrogens is 292 g/mol. The van der Waals surface area contributed by atoms with Gasteiger partial charge in [-0.1, -0.05) is 25.1 Å². The fourth-order valence-corrected chi connectivity index (χ4v) is 2.07. The summed E-state index contributed by atoms with van der Waals surface area (Å²) in [5.74, 6) is 1.09. The van der Waals surface area contributed by atoms with Crippen LogP contribution in [0.1, 0.15) is 12.5 Å². The predicted octanol–water partition coefficient (Wildman–Crippen LogP) is 2.82. The summed E-state index contributed by atoms with van der Waals surface area (Å²) < 4.78 is 10.6. The predicted molar refractivity (Wildman–Crippen MR) is 90.9 cm³/mol. The number of anilines is 1. The Balaban J connectivity index is 1.86. The summed E-state index contributed by atoms with van der Waals surface area (Å²) in [6, 6.07) is 14.9. The second-order valence-electron chi connectivity index (χ2n) is 5.00.